The molecule has 1 aliphatic heterocycles. The zero-order chi connectivity index (χ0) is 17.1. The number of rotatable bonds is 2. The SMILES string of the molecule is CN1C/C(=C\c2ccccc2Cl)C(=O)/C(=C/c2ccccc2Cl)C1. The highest BCUT2D eigenvalue weighted by Crippen LogP contribution is 2.25. The largest absolute Gasteiger partial charge is 0.298 e. The molecular formula is C20H17Cl2NO. The van der Waals surface area contributed by atoms with Crippen LogP contribution in [0.1, 0.15) is 11.1 Å². The van der Waals surface area contributed by atoms with Gasteiger partial charge in [0.05, 0.1) is 0 Å². The van der Waals surface area contributed by atoms with Crippen LogP contribution in [0.15, 0.2) is 59.7 Å². The molecule has 1 fully saturated rings. The second-order valence-electron chi connectivity index (χ2n) is 5.88. The number of hydrogen-bond donors (Lipinski definition) is 0. The highest BCUT2D eigenvalue weighted by Gasteiger charge is 2.24. The Hall–Kier alpha value is -1.87. The van der Waals surface area contributed by atoms with Crippen LogP contribution in [0.5, 0.6) is 0 Å². The Morgan fingerprint density at radius 2 is 1.25 bits per heavy atom. The van der Waals surface area contributed by atoms with E-state index < -0.39 is 0 Å². The summed E-state index contributed by atoms with van der Waals surface area (Å²) in [6.45, 7) is 1.20. The Labute approximate surface area is 152 Å². The van der Waals surface area contributed by atoms with E-state index in [1.807, 2.05) is 67.7 Å². The number of Topliss-reactive ketones (excluding diaryl/α,β-unsaturated/α-hetero) is 1. The molecule has 0 saturated carbocycles. The van der Waals surface area contributed by atoms with Gasteiger partial charge in [0.1, 0.15) is 0 Å². The molecule has 24 heavy (non-hydrogen) atoms. The molecule has 0 aromatic heterocycles. The summed E-state index contributed by atoms with van der Waals surface area (Å²) in [5, 5.41) is 1.28. The van der Waals surface area contributed by atoms with E-state index in [9.17, 15) is 4.79 Å². The number of hydrogen-bond acceptors (Lipinski definition) is 2. The number of benzene rings is 2. The summed E-state index contributed by atoms with van der Waals surface area (Å²) >= 11 is 12.4. The van der Waals surface area contributed by atoms with Gasteiger partial charge in [-0.3, -0.25) is 9.69 Å². The summed E-state index contributed by atoms with van der Waals surface area (Å²) in [4.78, 5) is 15.0. The van der Waals surface area contributed by atoms with Gasteiger partial charge in [0.2, 0.25) is 0 Å². The van der Waals surface area contributed by atoms with Crippen molar-refractivity contribution in [2.45, 2.75) is 0 Å². The van der Waals surface area contributed by atoms with Gasteiger partial charge in [-0.25, -0.2) is 0 Å². The van der Waals surface area contributed by atoms with Gasteiger partial charge in [0.25, 0.3) is 0 Å². The van der Waals surface area contributed by atoms with E-state index in [1.54, 1.807) is 0 Å². The summed E-state index contributed by atoms with van der Waals surface area (Å²) in [6, 6.07) is 15.1. The number of carbonyl (C=O) groups is 1. The van der Waals surface area contributed by atoms with Gasteiger partial charge in [-0.15, -0.1) is 0 Å². The minimum Gasteiger partial charge on any atom is -0.298 e. The van der Waals surface area contributed by atoms with Crippen LogP contribution in [0.2, 0.25) is 10.0 Å². The summed E-state index contributed by atoms with van der Waals surface area (Å²) < 4.78 is 0. The first-order chi connectivity index (χ1) is 11.5. The molecule has 1 heterocycles. The van der Waals surface area contributed by atoms with Crippen LogP contribution < -0.4 is 0 Å². The monoisotopic (exact) mass is 357 g/mol. The van der Waals surface area contributed by atoms with Crippen molar-refractivity contribution >= 4 is 41.1 Å². The third-order valence-electron chi connectivity index (χ3n) is 3.93. The van der Waals surface area contributed by atoms with Gasteiger partial charge in [0.15, 0.2) is 5.78 Å². The molecule has 0 atom stereocenters. The molecule has 0 N–H and O–H groups in total. The summed E-state index contributed by atoms with van der Waals surface area (Å²) in [5.41, 5.74) is 3.18. The van der Waals surface area contributed by atoms with E-state index in [1.165, 1.54) is 0 Å². The number of likely N-dealkylation sites (tertiary alicyclic amines) is 1. The smallest absolute Gasteiger partial charge is 0.187 e. The van der Waals surface area contributed by atoms with Crippen molar-refractivity contribution in [3.8, 4) is 0 Å². The Kier molecular flexibility index (Phi) is 5.20. The normalized spacial score (nSPS) is 19.2. The van der Waals surface area contributed by atoms with Crippen molar-refractivity contribution in [1.29, 1.82) is 0 Å². The van der Waals surface area contributed by atoms with Crippen LogP contribution in [-0.2, 0) is 4.79 Å². The van der Waals surface area contributed by atoms with Gasteiger partial charge in [-0.05, 0) is 42.5 Å². The zero-order valence-corrected chi connectivity index (χ0v) is 14.8. The van der Waals surface area contributed by atoms with Crippen molar-refractivity contribution in [3.63, 3.8) is 0 Å². The number of piperidine rings is 1. The van der Waals surface area contributed by atoms with E-state index in [2.05, 4.69) is 4.90 Å². The summed E-state index contributed by atoms with van der Waals surface area (Å²) in [5.74, 6) is 0.0490. The van der Waals surface area contributed by atoms with Crippen LogP contribution in [0.25, 0.3) is 12.2 Å². The molecule has 0 spiro atoms. The summed E-state index contributed by atoms with van der Waals surface area (Å²) in [6.07, 6.45) is 3.75. The maximum atomic E-state index is 12.9. The predicted molar refractivity (Wildman–Crippen MR) is 101 cm³/mol. The third-order valence-corrected chi connectivity index (χ3v) is 4.62. The first kappa shape index (κ1) is 17.0. The number of likely N-dealkylation sites (N-methyl/N-ethyl adjacent to an activating group) is 1. The molecule has 0 radical (unpaired) electrons. The number of nitrogens with zero attached hydrogens (tertiary/aromatic N) is 1. The summed E-state index contributed by atoms with van der Waals surface area (Å²) in [7, 11) is 1.99. The molecule has 2 aromatic carbocycles. The van der Waals surface area contributed by atoms with Gasteiger partial charge in [-0.1, -0.05) is 59.6 Å². The van der Waals surface area contributed by atoms with Gasteiger partial charge in [0, 0.05) is 34.3 Å². The fourth-order valence-corrected chi connectivity index (χ4v) is 3.15. The average molecular weight is 358 g/mol. The van der Waals surface area contributed by atoms with Crippen molar-refractivity contribution in [2.24, 2.45) is 0 Å². The molecular weight excluding hydrogens is 341 g/mol. The van der Waals surface area contributed by atoms with Crippen LogP contribution in [0.4, 0.5) is 0 Å². The number of ketones is 1. The quantitative estimate of drug-likeness (QED) is 0.706. The highest BCUT2D eigenvalue weighted by atomic mass is 35.5. The van der Waals surface area contributed by atoms with Crippen molar-refractivity contribution in [1.82, 2.24) is 4.90 Å². The van der Waals surface area contributed by atoms with E-state index in [4.69, 9.17) is 23.2 Å². The number of carbonyl (C=O) groups excluding carboxylic acids is 1. The average Bonchev–Trinajstić information content (AvgIpc) is 2.56. The Morgan fingerprint density at radius 3 is 1.67 bits per heavy atom. The van der Waals surface area contributed by atoms with E-state index in [0.29, 0.717) is 23.1 Å². The lowest BCUT2D eigenvalue weighted by Gasteiger charge is -2.26. The molecule has 2 aromatic rings. The highest BCUT2D eigenvalue weighted by molar-refractivity contribution is 6.33. The molecule has 0 bridgehead atoms. The van der Waals surface area contributed by atoms with Crippen LogP contribution in [0, 0.1) is 0 Å². The molecule has 3 rings (SSSR count). The fourth-order valence-electron chi connectivity index (χ4n) is 2.77. The first-order valence-corrected chi connectivity index (χ1v) is 8.43. The van der Waals surface area contributed by atoms with Crippen LogP contribution >= 0.6 is 23.2 Å². The van der Waals surface area contributed by atoms with E-state index in [0.717, 1.165) is 22.3 Å². The third kappa shape index (κ3) is 3.78. The second-order valence-corrected chi connectivity index (χ2v) is 6.70. The molecule has 1 aliphatic rings. The van der Waals surface area contributed by atoms with E-state index in [-0.39, 0.29) is 5.78 Å². The van der Waals surface area contributed by atoms with Gasteiger partial charge >= 0.3 is 0 Å². The molecule has 0 aliphatic carbocycles. The van der Waals surface area contributed by atoms with Crippen molar-refractivity contribution in [2.75, 3.05) is 20.1 Å². The van der Waals surface area contributed by atoms with Gasteiger partial charge in [-0.2, -0.15) is 0 Å². The maximum absolute atomic E-state index is 12.9. The standard InChI is InChI=1S/C20H17Cl2NO/c1-23-12-16(10-14-6-2-4-8-18(14)21)20(24)17(13-23)11-15-7-3-5-9-19(15)22/h2-11H,12-13H2,1H3/b16-10+,17-11+. The molecule has 122 valence electrons. The van der Waals surface area contributed by atoms with Crippen LogP contribution in [-0.4, -0.2) is 30.8 Å². The lowest BCUT2D eigenvalue weighted by molar-refractivity contribution is -0.113. The molecule has 1 saturated heterocycles. The lowest BCUT2D eigenvalue weighted by Crippen LogP contribution is -2.34. The minimum absolute atomic E-state index is 0.0490. The Balaban J connectivity index is 1.98. The molecule has 2 nitrogen and oxygen atoms in total. The Bertz CT molecular complexity index is 772. The first-order valence-electron chi connectivity index (χ1n) is 7.68. The minimum atomic E-state index is 0.0490. The molecule has 0 unspecified atom stereocenters. The predicted octanol–water partition coefficient (Wildman–Crippen LogP) is 4.97. The van der Waals surface area contributed by atoms with Crippen molar-refractivity contribution < 1.29 is 4.79 Å². The van der Waals surface area contributed by atoms with E-state index >= 15 is 0 Å². The maximum Gasteiger partial charge on any atom is 0.187 e. The van der Waals surface area contributed by atoms with Crippen LogP contribution in [0.3, 0.4) is 0 Å². The van der Waals surface area contributed by atoms with Gasteiger partial charge < -0.3 is 0 Å². The fraction of sp³-hybridized carbons (Fsp3) is 0.150. The van der Waals surface area contributed by atoms with Crippen molar-refractivity contribution in [3.05, 3.63) is 80.8 Å². The zero-order valence-electron chi connectivity index (χ0n) is 13.3. The number of halogens is 2. The lowest BCUT2D eigenvalue weighted by atomic mass is 9.94. The molecule has 4 heteroatoms. The second kappa shape index (κ2) is 7.35. The Morgan fingerprint density at radius 1 is 0.833 bits per heavy atom. The topological polar surface area (TPSA) is 20.3 Å². The molecule has 0 amide bonds.